The minimum Gasteiger partial charge on any atom is -0.457 e. The third kappa shape index (κ3) is 4.14. The Kier molecular flexibility index (Phi) is 5.56. The van der Waals surface area contributed by atoms with Crippen LogP contribution in [-0.2, 0) is 4.79 Å². The smallest absolute Gasteiger partial charge is 0.234 e. The zero-order valence-electron chi connectivity index (χ0n) is 18.8. The number of benzene rings is 2. The number of para-hydroxylation sites is 1. The molecule has 34 heavy (non-hydrogen) atoms. The Balaban J connectivity index is 1.42. The number of hydrogen-bond donors (Lipinski definition) is 2. The number of β-amino-alcohol motifs (C(OH)–C–C–N with tert-alkyl or cyclic N) is 1. The predicted octanol–water partition coefficient (Wildman–Crippen LogP) is 3.28. The van der Waals surface area contributed by atoms with Gasteiger partial charge in [-0.3, -0.25) is 9.80 Å². The number of hydrogen-bond acceptors (Lipinski definition) is 7. The molecule has 8 heteroatoms. The van der Waals surface area contributed by atoms with Gasteiger partial charge >= 0.3 is 0 Å². The molecule has 2 aromatic rings. The maximum atomic E-state index is 13.2. The second-order valence-corrected chi connectivity index (χ2v) is 8.90. The number of hydrazine groups is 1. The molecular formula is C26H25N5O3. The van der Waals surface area contributed by atoms with Gasteiger partial charge in [-0.25, -0.2) is 4.99 Å². The van der Waals surface area contributed by atoms with Gasteiger partial charge in [-0.15, -0.1) is 0 Å². The molecule has 0 aliphatic carbocycles. The lowest BCUT2D eigenvalue weighted by atomic mass is 9.90. The molecule has 1 fully saturated rings. The van der Waals surface area contributed by atoms with Crippen LogP contribution in [0.2, 0.25) is 0 Å². The van der Waals surface area contributed by atoms with Gasteiger partial charge in [0.25, 0.3) is 0 Å². The van der Waals surface area contributed by atoms with E-state index in [-0.39, 0.29) is 5.91 Å². The van der Waals surface area contributed by atoms with E-state index in [1.54, 1.807) is 11.1 Å². The highest BCUT2D eigenvalue weighted by atomic mass is 16.5. The minimum atomic E-state index is -0.792. The van der Waals surface area contributed by atoms with Crippen LogP contribution in [0.25, 0.3) is 0 Å². The monoisotopic (exact) mass is 455 g/mol. The Bertz CT molecular complexity index is 1230. The molecule has 5 rings (SSSR count). The Morgan fingerprint density at radius 3 is 2.62 bits per heavy atom. The molecule has 2 atom stereocenters. The summed E-state index contributed by atoms with van der Waals surface area (Å²) < 4.78 is 5.84. The Labute approximate surface area is 198 Å². The molecule has 0 bridgehead atoms. The predicted molar refractivity (Wildman–Crippen MR) is 127 cm³/mol. The number of allylic oxidation sites excluding steroid dienone is 1. The summed E-state index contributed by atoms with van der Waals surface area (Å²) in [5.74, 6) is 1.40. The summed E-state index contributed by atoms with van der Waals surface area (Å²) in [7, 11) is 0. The number of rotatable bonds is 4. The summed E-state index contributed by atoms with van der Waals surface area (Å²) in [5.41, 5.74) is 4.57. The van der Waals surface area contributed by atoms with Crippen LogP contribution >= 0.6 is 0 Å². The fourth-order valence-corrected chi connectivity index (χ4v) is 4.46. The number of amides is 1. The Morgan fingerprint density at radius 1 is 1.21 bits per heavy atom. The van der Waals surface area contributed by atoms with Crippen molar-refractivity contribution in [1.82, 2.24) is 15.3 Å². The number of carbonyl (C=O) groups excluding carboxylic acids is 1. The molecule has 0 radical (unpaired) electrons. The van der Waals surface area contributed by atoms with Crippen LogP contribution in [-0.4, -0.2) is 52.4 Å². The highest BCUT2D eigenvalue weighted by Gasteiger charge is 2.45. The van der Waals surface area contributed by atoms with E-state index in [0.717, 1.165) is 5.75 Å². The van der Waals surface area contributed by atoms with Crippen molar-refractivity contribution < 1.29 is 14.6 Å². The summed E-state index contributed by atoms with van der Waals surface area (Å²) in [6, 6.07) is 19.0. The zero-order valence-corrected chi connectivity index (χ0v) is 18.8. The number of fused-ring (bicyclic) bond motifs is 1. The molecular weight excluding hydrogens is 430 g/mol. The van der Waals surface area contributed by atoms with Gasteiger partial charge in [0.1, 0.15) is 23.3 Å². The average molecular weight is 456 g/mol. The highest BCUT2D eigenvalue weighted by molar-refractivity contribution is 6.16. The van der Waals surface area contributed by atoms with Crippen LogP contribution in [0.1, 0.15) is 13.3 Å². The number of aliphatic hydroxyl groups is 1. The van der Waals surface area contributed by atoms with E-state index in [2.05, 4.69) is 11.5 Å². The highest BCUT2D eigenvalue weighted by Crippen LogP contribution is 2.37. The first-order valence-electron chi connectivity index (χ1n) is 11.2. The molecule has 172 valence electrons. The van der Waals surface area contributed by atoms with Gasteiger partial charge in [0.15, 0.2) is 0 Å². The SMILES string of the molecule is CC1(C(=O)N2CCC(O)C2)C=C2C(=Nc3ccc(Oc4ccccc4)cc3)C(C#N)=CNN2C1. The first-order chi connectivity index (χ1) is 16.4. The average Bonchev–Trinajstić information content (AvgIpc) is 3.44. The van der Waals surface area contributed by atoms with Crippen LogP contribution in [0, 0.1) is 16.7 Å². The first-order valence-corrected chi connectivity index (χ1v) is 11.2. The van der Waals surface area contributed by atoms with Crippen LogP contribution in [0.4, 0.5) is 5.69 Å². The number of nitrogens with zero attached hydrogens (tertiary/aromatic N) is 4. The summed E-state index contributed by atoms with van der Waals surface area (Å²) in [4.78, 5) is 19.7. The van der Waals surface area contributed by atoms with Crippen LogP contribution in [0.3, 0.4) is 0 Å². The molecule has 3 heterocycles. The lowest BCUT2D eigenvalue weighted by Gasteiger charge is -2.31. The van der Waals surface area contributed by atoms with Crippen molar-refractivity contribution in [1.29, 1.82) is 5.26 Å². The fourth-order valence-electron chi connectivity index (χ4n) is 4.46. The van der Waals surface area contributed by atoms with E-state index in [1.807, 2.05) is 72.6 Å². The summed E-state index contributed by atoms with van der Waals surface area (Å²) in [6.07, 6.45) is 3.61. The lowest BCUT2D eigenvalue weighted by molar-refractivity contribution is -0.138. The van der Waals surface area contributed by atoms with E-state index >= 15 is 0 Å². The normalized spacial score (nSPS) is 24.7. The molecule has 0 spiro atoms. The molecule has 1 saturated heterocycles. The van der Waals surface area contributed by atoms with Gasteiger partial charge in [0.2, 0.25) is 5.91 Å². The number of nitrogens with one attached hydrogen (secondary N) is 1. The van der Waals surface area contributed by atoms with Gasteiger partial charge in [-0.2, -0.15) is 5.26 Å². The molecule has 8 nitrogen and oxygen atoms in total. The molecule has 2 aromatic carbocycles. The van der Waals surface area contributed by atoms with Crippen molar-refractivity contribution in [2.75, 3.05) is 19.6 Å². The Morgan fingerprint density at radius 2 is 1.94 bits per heavy atom. The number of aliphatic hydroxyl groups excluding tert-OH is 1. The van der Waals surface area contributed by atoms with E-state index < -0.39 is 11.5 Å². The van der Waals surface area contributed by atoms with Crippen molar-refractivity contribution >= 4 is 17.3 Å². The maximum Gasteiger partial charge on any atom is 0.234 e. The maximum absolute atomic E-state index is 13.2. The van der Waals surface area contributed by atoms with Gasteiger partial charge in [-0.05, 0) is 55.8 Å². The van der Waals surface area contributed by atoms with E-state index in [4.69, 9.17) is 9.73 Å². The first kappa shape index (κ1) is 21.7. The van der Waals surface area contributed by atoms with E-state index in [1.165, 1.54) is 0 Å². The molecule has 1 amide bonds. The number of likely N-dealkylation sites (tertiary alicyclic amines) is 1. The zero-order chi connectivity index (χ0) is 23.7. The van der Waals surface area contributed by atoms with Crippen molar-refractivity contribution in [2.45, 2.75) is 19.4 Å². The molecule has 2 unspecified atom stereocenters. The number of carbonyl (C=O) groups is 1. The van der Waals surface area contributed by atoms with Crippen molar-refractivity contribution in [3.05, 3.63) is 78.1 Å². The van der Waals surface area contributed by atoms with Crippen LogP contribution < -0.4 is 10.2 Å². The lowest BCUT2D eigenvalue weighted by Crippen LogP contribution is -2.46. The van der Waals surface area contributed by atoms with E-state index in [9.17, 15) is 15.2 Å². The summed E-state index contributed by atoms with van der Waals surface area (Å²) >= 11 is 0. The standard InChI is InChI=1S/C26H25N5O3/c1-26(25(33)30-12-11-20(32)16-30)13-23-24(18(14-27)15-28-31(23)17-26)29-19-7-9-22(10-8-19)34-21-5-3-2-4-6-21/h2-10,13,15,20,28,32H,11-12,16-17H2,1H3. The van der Waals surface area contributed by atoms with Crippen LogP contribution in [0.5, 0.6) is 11.5 Å². The van der Waals surface area contributed by atoms with Gasteiger partial charge in [-0.1, -0.05) is 18.2 Å². The molecule has 0 saturated carbocycles. The van der Waals surface area contributed by atoms with Gasteiger partial charge in [0, 0.05) is 19.3 Å². The number of nitriles is 1. The fraction of sp³-hybridized carbons (Fsp3) is 0.269. The van der Waals surface area contributed by atoms with Crippen molar-refractivity contribution in [3.63, 3.8) is 0 Å². The second-order valence-electron chi connectivity index (χ2n) is 8.90. The number of ether oxygens (including phenoxy) is 1. The second kappa shape index (κ2) is 8.69. The molecule has 3 aliphatic heterocycles. The van der Waals surface area contributed by atoms with Crippen LogP contribution in [0.15, 0.2) is 83.1 Å². The third-order valence-electron chi connectivity index (χ3n) is 6.21. The summed E-state index contributed by atoms with van der Waals surface area (Å²) in [5, 5.41) is 21.4. The topological polar surface area (TPSA) is 101 Å². The molecule has 0 aromatic heterocycles. The number of aliphatic imine (C=N–C) groups is 1. The Hall–Kier alpha value is -4.09. The quantitative estimate of drug-likeness (QED) is 0.734. The van der Waals surface area contributed by atoms with Crippen molar-refractivity contribution in [2.24, 2.45) is 10.4 Å². The third-order valence-corrected chi connectivity index (χ3v) is 6.21. The van der Waals surface area contributed by atoms with Gasteiger partial charge in [0.05, 0.1) is 35.0 Å². The van der Waals surface area contributed by atoms with E-state index in [0.29, 0.717) is 54.5 Å². The minimum absolute atomic E-state index is 0.0342. The molecule has 2 N–H and O–H groups in total. The molecule has 3 aliphatic rings. The summed E-state index contributed by atoms with van der Waals surface area (Å²) in [6.45, 7) is 3.19. The largest absolute Gasteiger partial charge is 0.457 e. The van der Waals surface area contributed by atoms with Gasteiger partial charge < -0.3 is 20.2 Å². The van der Waals surface area contributed by atoms with Crippen molar-refractivity contribution in [3.8, 4) is 17.6 Å².